The van der Waals surface area contributed by atoms with Gasteiger partial charge in [0.05, 0.1) is 10.8 Å². The van der Waals surface area contributed by atoms with Crippen LogP contribution in [0, 0.1) is 0 Å². The van der Waals surface area contributed by atoms with Crippen molar-refractivity contribution < 1.29 is 4.21 Å². The molecule has 1 aromatic rings. The summed E-state index contributed by atoms with van der Waals surface area (Å²) in [6.07, 6.45) is 2.07. The highest BCUT2D eigenvalue weighted by Gasteiger charge is 2.16. The second-order valence-corrected chi connectivity index (χ2v) is 7.44. The summed E-state index contributed by atoms with van der Waals surface area (Å²) in [6.45, 7) is 7.40. The summed E-state index contributed by atoms with van der Waals surface area (Å²) < 4.78 is 13.4. The standard InChI is InChI=1S/C14H22BrNOS/c1-4-9-16-11(2)10-12(3)18(17)14-7-5-13(15)6-8-14/h5-8,11-12,16H,4,9-10H2,1-3H3. The summed E-state index contributed by atoms with van der Waals surface area (Å²) in [4.78, 5) is 0.911. The fraction of sp³-hybridized carbons (Fsp3) is 0.571. The summed E-state index contributed by atoms with van der Waals surface area (Å²) in [5.41, 5.74) is 0. The first-order chi connectivity index (χ1) is 8.54. The van der Waals surface area contributed by atoms with Gasteiger partial charge >= 0.3 is 0 Å². The third-order valence-electron chi connectivity index (χ3n) is 2.84. The van der Waals surface area contributed by atoms with Crippen LogP contribution in [0.4, 0.5) is 0 Å². The Morgan fingerprint density at radius 1 is 1.28 bits per heavy atom. The Morgan fingerprint density at radius 3 is 2.44 bits per heavy atom. The third kappa shape index (κ3) is 5.21. The fourth-order valence-electron chi connectivity index (χ4n) is 1.86. The molecule has 3 unspecified atom stereocenters. The molecule has 0 heterocycles. The Balaban J connectivity index is 2.53. The second-order valence-electron chi connectivity index (χ2n) is 4.65. The van der Waals surface area contributed by atoms with Crippen molar-refractivity contribution in [2.75, 3.05) is 6.54 Å². The van der Waals surface area contributed by atoms with Crippen molar-refractivity contribution in [2.24, 2.45) is 0 Å². The lowest BCUT2D eigenvalue weighted by Crippen LogP contribution is -2.31. The Labute approximate surface area is 121 Å². The van der Waals surface area contributed by atoms with Gasteiger partial charge in [-0.15, -0.1) is 0 Å². The molecule has 0 fully saturated rings. The maximum atomic E-state index is 12.3. The van der Waals surface area contributed by atoms with Gasteiger partial charge < -0.3 is 5.32 Å². The maximum Gasteiger partial charge on any atom is 0.0558 e. The van der Waals surface area contributed by atoms with Crippen LogP contribution in [0.25, 0.3) is 0 Å². The maximum absolute atomic E-state index is 12.3. The lowest BCUT2D eigenvalue weighted by atomic mass is 10.2. The second kappa shape index (κ2) is 8.08. The smallest absolute Gasteiger partial charge is 0.0558 e. The molecule has 1 aromatic carbocycles. The summed E-state index contributed by atoms with van der Waals surface area (Å²) in [5, 5.41) is 3.61. The molecule has 0 aliphatic rings. The highest BCUT2D eigenvalue weighted by Crippen LogP contribution is 2.18. The van der Waals surface area contributed by atoms with Crippen LogP contribution < -0.4 is 5.32 Å². The van der Waals surface area contributed by atoms with E-state index in [1.54, 1.807) is 0 Å². The molecule has 0 saturated carbocycles. The quantitative estimate of drug-likeness (QED) is 0.824. The van der Waals surface area contributed by atoms with E-state index in [-0.39, 0.29) is 5.25 Å². The molecule has 3 atom stereocenters. The van der Waals surface area contributed by atoms with Gasteiger partial charge in [0.1, 0.15) is 0 Å². The first-order valence-electron chi connectivity index (χ1n) is 6.44. The third-order valence-corrected chi connectivity index (χ3v) is 5.03. The van der Waals surface area contributed by atoms with Gasteiger partial charge in [-0.25, -0.2) is 0 Å². The van der Waals surface area contributed by atoms with Gasteiger partial charge in [-0.1, -0.05) is 29.8 Å². The molecule has 2 nitrogen and oxygen atoms in total. The number of halogens is 1. The minimum Gasteiger partial charge on any atom is -0.314 e. The van der Waals surface area contributed by atoms with E-state index in [9.17, 15) is 4.21 Å². The lowest BCUT2D eigenvalue weighted by molar-refractivity contribution is 0.508. The van der Waals surface area contributed by atoms with E-state index >= 15 is 0 Å². The molecule has 102 valence electrons. The van der Waals surface area contributed by atoms with Crippen molar-refractivity contribution in [1.29, 1.82) is 0 Å². The van der Waals surface area contributed by atoms with E-state index in [1.165, 1.54) is 0 Å². The van der Waals surface area contributed by atoms with Crippen LogP contribution in [0.1, 0.15) is 33.6 Å². The van der Waals surface area contributed by atoms with E-state index in [4.69, 9.17) is 0 Å². The van der Waals surface area contributed by atoms with Gasteiger partial charge in [0, 0.05) is 20.7 Å². The average Bonchev–Trinajstić information content (AvgIpc) is 2.36. The molecule has 4 heteroatoms. The van der Waals surface area contributed by atoms with Crippen LogP contribution in [-0.4, -0.2) is 22.0 Å². The number of hydrogen-bond acceptors (Lipinski definition) is 2. The highest BCUT2D eigenvalue weighted by atomic mass is 79.9. The minimum atomic E-state index is -0.923. The largest absolute Gasteiger partial charge is 0.314 e. The van der Waals surface area contributed by atoms with Gasteiger partial charge in [0.25, 0.3) is 0 Å². The molecule has 0 amide bonds. The molecular weight excluding hydrogens is 310 g/mol. The predicted octanol–water partition coefficient (Wildman–Crippen LogP) is 3.72. The van der Waals surface area contributed by atoms with Crippen molar-refractivity contribution in [1.82, 2.24) is 5.32 Å². The molecule has 0 bridgehead atoms. The van der Waals surface area contributed by atoms with Gasteiger partial charge in [-0.2, -0.15) is 0 Å². The van der Waals surface area contributed by atoms with E-state index < -0.39 is 10.8 Å². The zero-order valence-electron chi connectivity index (χ0n) is 11.3. The summed E-state index contributed by atoms with van der Waals surface area (Å²) in [5.74, 6) is 0. The van der Waals surface area contributed by atoms with Crippen LogP contribution in [0.15, 0.2) is 33.6 Å². The van der Waals surface area contributed by atoms with Crippen molar-refractivity contribution in [3.05, 3.63) is 28.7 Å². The Morgan fingerprint density at radius 2 is 1.89 bits per heavy atom. The van der Waals surface area contributed by atoms with Gasteiger partial charge in [-0.3, -0.25) is 4.21 Å². The first-order valence-corrected chi connectivity index (χ1v) is 8.44. The molecule has 0 radical (unpaired) electrons. The first kappa shape index (κ1) is 15.9. The van der Waals surface area contributed by atoms with Crippen LogP contribution in [0.5, 0.6) is 0 Å². The molecule has 0 aromatic heterocycles. The van der Waals surface area contributed by atoms with Gasteiger partial charge in [0.2, 0.25) is 0 Å². The van der Waals surface area contributed by atoms with Crippen molar-refractivity contribution in [3.8, 4) is 0 Å². The number of benzene rings is 1. The van der Waals surface area contributed by atoms with Crippen molar-refractivity contribution >= 4 is 26.7 Å². The van der Waals surface area contributed by atoms with Crippen LogP contribution in [-0.2, 0) is 10.8 Å². The zero-order valence-corrected chi connectivity index (χ0v) is 13.7. The summed E-state index contributed by atoms with van der Waals surface area (Å²) >= 11 is 3.39. The molecule has 0 saturated heterocycles. The molecule has 18 heavy (non-hydrogen) atoms. The van der Waals surface area contributed by atoms with Gasteiger partial charge in [0.15, 0.2) is 0 Å². The predicted molar refractivity (Wildman–Crippen MR) is 82.4 cm³/mol. The SMILES string of the molecule is CCCNC(C)CC(C)S(=O)c1ccc(Br)cc1. The van der Waals surface area contributed by atoms with Crippen molar-refractivity contribution in [2.45, 2.75) is 49.8 Å². The molecule has 1 N–H and O–H groups in total. The van der Waals surface area contributed by atoms with E-state index in [0.29, 0.717) is 6.04 Å². The highest BCUT2D eigenvalue weighted by molar-refractivity contribution is 9.10. The molecule has 1 rings (SSSR count). The summed E-state index contributed by atoms with van der Waals surface area (Å²) in [7, 11) is -0.923. The Bertz CT molecular complexity index is 380. The van der Waals surface area contributed by atoms with Crippen LogP contribution in [0.2, 0.25) is 0 Å². The Hall–Kier alpha value is -0.190. The van der Waals surface area contributed by atoms with Crippen LogP contribution in [0.3, 0.4) is 0 Å². The molecule has 0 aliphatic carbocycles. The topological polar surface area (TPSA) is 29.1 Å². The summed E-state index contributed by atoms with van der Waals surface area (Å²) in [6, 6.07) is 8.17. The fourth-order valence-corrected chi connectivity index (χ4v) is 3.46. The number of rotatable bonds is 7. The zero-order chi connectivity index (χ0) is 13.5. The molecular formula is C14H22BrNOS. The van der Waals surface area contributed by atoms with Gasteiger partial charge in [-0.05, 0) is 50.6 Å². The normalized spacial score (nSPS) is 16.2. The van der Waals surface area contributed by atoms with E-state index in [1.807, 2.05) is 24.3 Å². The number of nitrogens with one attached hydrogen (secondary N) is 1. The van der Waals surface area contributed by atoms with E-state index in [2.05, 4.69) is 42.0 Å². The molecule has 0 spiro atoms. The number of hydrogen-bond donors (Lipinski definition) is 1. The molecule has 0 aliphatic heterocycles. The van der Waals surface area contributed by atoms with Crippen LogP contribution >= 0.6 is 15.9 Å². The lowest BCUT2D eigenvalue weighted by Gasteiger charge is -2.18. The monoisotopic (exact) mass is 331 g/mol. The minimum absolute atomic E-state index is 0.172. The Kier molecular flexibility index (Phi) is 7.12. The van der Waals surface area contributed by atoms with Crippen molar-refractivity contribution in [3.63, 3.8) is 0 Å². The van der Waals surface area contributed by atoms with E-state index in [0.717, 1.165) is 28.8 Å². The average molecular weight is 332 g/mol.